The van der Waals surface area contributed by atoms with Crippen molar-refractivity contribution in [1.29, 1.82) is 0 Å². The van der Waals surface area contributed by atoms with Crippen LogP contribution in [0.15, 0.2) is 18.2 Å². The molecule has 0 radical (unpaired) electrons. The number of benzene rings is 1. The molecule has 2 unspecified atom stereocenters. The van der Waals surface area contributed by atoms with Crippen molar-refractivity contribution in [2.24, 2.45) is 5.92 Å². The number of amides is 1. The van der Waals surface area contributed by atoms with E-state index in [1.165, 1.54) is 6.07 Å². The van der Waals surface area contributed by atoms with Crippen molar-refractivity contribution in [3.8, 4) is 0 Å². The van der Waals surface area contributed by atoms with E-state index >= 15 is 0 Å². The molecule has 1 aromatic rings. The van der Waals surface area contributed by atoms with Crippen LogP contribution >= 0.6 is 0 Å². The lowest BCUT2D eigenvalue weighted by molar-refractivity contribution is -0.134. The largest absolute Gasteiger partial charge is 0.319 e. The zero-order chi connectivity index (χ0) is 15.1. The maximum absolute atomic E-state index is 13.5. The van der Waals surface area contributed by atoms with E-state index in [0.717, 1.165) is 25.3 Å². The van der Waals surface area contributed by atoms with Crippen molar-refractivity contribution in [3.05, 3.63) is 35.4 Å². The molecule has 2 atom stereocenters. The molecular weight excluding hydrogens is 274 g/mol. The first-order valence-electron chi connectivity index (χ1n) is 7.52. The van der Waals surface area contributed by atoms with Gasteiger partial charge in [0.25, 0.3) is 0 Å². The highest BCUT2D eigenvalue weighted by molar-refractivity contribution is 5.85. The third-order valence-electron chi connectivity index (χ3n) is 4.53. The Hall–Kier alpha value is -1.49. The summed E-state index contributed by atoms with van der Waals surface area (Å²) >= 11 is 0. The predicted octanol–water partition coefficient (Wildman–Crippen LogP) is 2.97. The fourth-order valence-corrected chi connectivity index (χ4v) is 3.08. The molecule has 0 bridgehead atoms. The van der Waals surface area contributed by atoms with E-state index in [4.69, 9.17) is 0 Å². The maximum Gasteiger partial charge on any atom is 0.241 e. The summed E-state index contributed by atoms with van der Waals surface area (Å²) in [7, 11) is 0. The van der Waals surface area contributed by atoms with Crippen LogP contribution in [0.3, 0.4) is 0 Å². The van der Waals surface area contributed by atoms with Gasteiger partial charge in [-0.15, -0.1) is 0 Å². The molecule has 1 aliphatic heterocycles. The molecule has 21 heavy (non-hydrogen) atoms. The molecule has 2 aliphatic rings. The lowest BCUT2D eigenvalue weighted by Gasteiger charge is -2.38. The first-order chi connectivity index (χ1) is 9.99. The number of nitrogens with zero attached hydrogens (tertiary/aromatic N) is 1. The Kier molecular flexibility index (Phi) is 3.69. The molecule has 1 saturated heterocycles. The monoisotopic (exact) mass is 294 g/mol. The van der Waals surface area contributed by atoms with E-state index in [9.17, 15) is 13.6 Å². The van der Waals surface area contributed by atoms with Gasteiger partial charge in [0.1, 0.15) is 6.17 Å². The molecule has 3 nitrogen and oxygen atoms in total. The molecule has 2 fully saturated rings. The van der Waals surface area contributed by atoms with Crippen molar-refractivity contribution in [1.82, 2.24) is 10.2 Å². The summed E-state index contributed by atoms with van der Waals surface area (Å²) in [5, 5.41) is 3.29. The molecule has 0 spiro atoms. The normalized spacial score (nSPS) is 26.5. The fraction of sp³-hybridized carbons (Fsp3) is 0.562. The molecule has 1 aromatic carbocycles. The third kappa shape index (κ3) is 2.44. The van der Waals surface area contributed by atoms with E-state index in [-0.39, 0.29) is 30.1 Å². The van der Waals surface area contributed by atoms with Crippen LogP contribution in [0.4, 0.5) is 8.78 Å². The van der Waals surface area contributed by atoms with E-state index in [1.54, 1.807) is 6.07 Å². The van der Waals surface area contributed by atoms with Gasteiger partial charge in [0.05, 0.1) is 6.04 Å². The number of carbonyl (C=O) groups excluding carboxylic acids is 1. The van der Waals surface area contributed by atoms with Crippen LogP contribution < -0.4 is 5.32 Å². The van der Waals surface area contributed by atoms with Gasteiger partial charge in [-0.1, -0.05) is 19.9 Å². The molecule has 1 saturated carbocycles. The summed E-state index contributed by atoms with van der Waals surface area (Å²) in [5.41, 5.74) is 0.609. The average Bonchev–Trinajstić information content (AvgIpc) is 2.70. The minimum atomic E-state index is -0.872. The van der Waals surface area contributed by atoms with Gasteiger partial charge in [-0.25, -0.2) is 8.78 Å². The zero-order valence-corrected chi connectivity index (χ0v) is 12.3. The van der Waals surface area contributed by atoms with Gasteiger partial charge in [-0.3, -0.25) is 10.1 Å². The Morgan fingerprint density at radius 2 is 1.95 bits per heavy atom. The zero-order valence-electron chi connectivity index (χ0n) is 12.3. The number of rotatable bonds is 3. The number of hydrogen-bond acceptors (Lipinski definition) is 2. The Labute approximate surface area is 123 Å². The van der Waals surface area contributed by atoms with Gasteiger partial charge >= 0.3 is 0 Å². The highest BCUT2D eigenvalue weighted by atomic mass is 19.2. The second-order valence-corrected chi connectivity index (χ2v) is 6.29. The Bertz CT molecular complexity index is 557. The highest BCUT2D eigenvalue weighted by Gasteiger charge is 2.45. The van der Waals surface area contributed by atoms with Crippen LogP contribution in [0.2, 0.25) is 0 Å². The Balaban J connectivity index is 1.93. The highest BCUT2D eigenvalue weighted by Crippen LogP contribution is 2.36. The van der Waals surface area contributed by atoms with Gasteiger partial charge in [0.15, 0.2) is 11.6 Å². The SMILES string of the molecule is CC(C)C1NC(c2ccc(F)c(F)c2)N(C2CCC2)C1=O. The second-order valence-electron chi connectivity index (χ2n) is 6.29. The van der Waals surface area contributed by atoms with Crippen LogP contribution in [0.1, 0.15) is 44.8 Å². The first kappa shape index (κ1) is 14.4. The van der Waals surface area contributed by atoms with E-state index in [2.05, 4.69) is 5.32 Å². The number of halogens is 2. The van der Waals surface area contributed by atoms with Crippen LogP contribution in [-0.4, -0.2) is 22.9 Å². The summed E-state index contributed by atoms with van der Waals surface area (Å²) in [5.74, 6) is -1.50. The lowest BCUT2D eigenvalue weighted by Crippen LogP contribution is -2.44. The van der Waals surface area contributed by atoms with Gasteiger partial charge in [-0.05, 0) is 42.9 Å². The number of carbonyl (C=O) groups is 1. The maximum atomic E-state index is 13.5. The molecule has 3 rings (SSSR count). The molecular formula is C16H20F2N2O. The molecule has 1 amide bonds. The second kappa shape index (κ2) is 5.37. The molecule has 5 heteroatoms. The lowest BCUT2D eigenvalue weighted by atomic mass is 9.90. The number of nitrogens with one attached hydrogen (secondary N) is 1. The minimum absolute atomic E-state index is 0.0735. The van der Waals surface area contributed by atoms with E-state index in [0.29, 0.717) is 5.56 Å². The fourth-order valence-electron chi connectivity index (χ4n) is 3.08. The molecule has 1 aliphatic carbocycles. The summed E-state index contributed by atoms with van der Waals surface area (Å²) in [6.45, 7) is 3.98. The van der Waals surface area contributed by atoms with Gasteiger partial charge in [0.2, 0.25) is 5.91 Å². The van der Waals surface area contributed by atoms with Crippen LogP contribution in [-0.2, 0) is 4.79 Å². The van der Waals surface area contributed by atoms with Gasteiger partial charge < -0.3 is 4.90 Å². The molecule has 0 aromatic heterocycles. The quantitative estimate of drug-likeness (QED) is 0.929. The molecule has 1 heterocycles. The third-order valence-corrected chi connectivity index (χ3v) is 4.53. The summed E-state index contributed by atoms with van der Waals surface area (Å²) in [4.78, 5) is 14.4. The summed E-state index contributed by atoms with van der Waals surface area (Å²) in [6.07, 6.45) is 2.73. The van der Waals surface area contributed by atoms with Gasteiger partial charge in [-0.2, -0.15) is 0 Å². The topological polar surface area (TPSA) is 32.3 Å². The number of hydrogen-bond donors (Lipinski definition) is 1. The van der Waals surface area contributed by atoms with Crippen molar-refractivity contribution in [2.45, 2.75) is 51.4 Å². The van der Waals surface area contributed by atoms with Gasteiger partial charge in [0, 0.05) is 6.04 Å². The van der Waals surface area contributed by atoms with Crippen molar-refractivity contribution in [2.75, 3.05) is 0 Å². The standard InChI is InChI=1S/C16H20F2N2O/c1-9(2)14-16(21)20(11-4-3-5-11)15(19-14)10-6-7-12(17)13(18)8-10/h6-9,11,14-15,19H,3-5H2,1-2H3. The predicted molar refractivity (Wildman–Crippen MR) is 75.3 cm³/mol. The van der Waals surface area contributed by atoms with Crippen molar-refractivity contribution in [3.63, 3.8) is 0 Å². The van der Waals surface area contributed by atoms with Crippen molar-refractivity contribution >= 4 is 5.91 Å². The first-order valence-corrected chi connectivity index (χ1v) is 7.52. The summed E-state index contributed by atoms with van der Waals surface area (Å²) < 4.78 is 26.6. The van der Waals surface area contributed by atoms with E-state index in [1.807, 2.05) is 18.7 Å². The Morgan fingerprint density at radius 1 is 1.24 bits per heavy atom. The smallest absolute Gasteiger partial charge is 0.241 e. The van der Waals surface area contributed by atoms with Crippen LogP contribution in [0.25, 0.3) is 0 Å². The average molecular weight is 294 g/mol. The summed E-state index contributed by atoms with van der Waals surface area (Å²) in [6, 6.07) is 3.82. The van der Waals surface area contributed by atoms with Crippen LogP contribution in [0, 0.1) is 17.6 Å². The Morgan fingerprint density at radius 3 is 2.48 bits per heavy atom. The minimum Gasteiger partial charge on any atom is -0.319 e. The molecule has 114 valence electrons. The van der Waals surface area contributed by atoms with Crippen molar-refractivity contribution < 1.29 is 13.6 Å². The van der Waals surface area contributed by atoms with E-state index < -0.39 is 11.6 Å². The van der Waals surface area contributed by atoms with Crippen LogP contribution in [0.5, 0.6) is 0 Å². The molecule has 1 N–H and O–H groups in total.